The summed E-state index contributed by atoms with van der Waals surface area (Å²) in [5.41, 5.74) is -0.0982. The third-order valence-electron chi connectivity index (χ3n) is 1.61. The molecule has 0 saturated heterocycles. The van der Waals surface area contributed by atoms with E-state index in [-0.39, 0.29) is 5.75 Å². The van der Waals surface area contributed by atoms with Gasteiger partial charge in [0.15, 0.2) is 0 Å². The molecule has 2 N–H and O–H groups in total. The van der Waals surface area contributed by atoms with Crippen LogP contribution in [-0.2, 0) is 4.74 Å². The lowest BCUT2D eigenvalue weighted by atomic mass is 10.2. The molecule has 0 atom stereocenters. The van der Waals surface area contributed by atoms with Crippen molar-refractivity contribution in [2.45, 2.75) is 26.4 Å². The number of hydrogen-bond donors (Lipinski definition) is 2. The molecule has 0 aliphatic heterocycles. The highest BCUT2D eigenvalue weighted by molar-refractivity contribution is 5.75. The first-order valence-corrected chi connectivity index (χ1v) is 5.52. The number of ether oxygens (including phenoxy) is 2. The normalized spacial score (nSPS) is 9.75. The predicted molar refractivity (Wildman–Crippen MR) is 69.3 cm³/mol. The maximum Gasteiger partial charge on any atom is 0.511 e. The van der Waals surface area contributed by atoms with Gasteiger partial charge in [-0.25, -0.2) is 9.59 Å². The van der Waals surface area contributed by atoms with Crippen molar-refractivity contribution in [1.82, 2.24) is 0 Å². The summed E-state index contributed by atoms with van der Waals surface area (Å²) in [6.07, 6.45) is -1.92. The summed E-state index contributed by atoms with van der Waals surface area (Å²) in [6.45, 7) is 5.04. The molecule has 0 aliphatic carbocycles. The van der Waals surface area contributed by atoms with Crippen molar-refractivity contribution in [2.75, 3.05) is 0 Å². The van der Waals surface area contributed by atoms with Gasteiger partial charge in [0.05, 0.1) is 0 Å². The lowest BCUT2D eigenvalue weighted by Gasteiger charge is -2.15. The molecular formula is C13H16O7. The molecule has 7 heteroatoms. The van der Waals surface area contributed by atoms with Gasteiger partial charge in [0.25, 0.3) is 0 Å². The van der Waals surface area contributed by atoms with E-state index in [9.17, 15) is 14.4 Å². The van der Waals surface area contributed by atoms with E-state index in [1.165, 1.54) is 24.3 Å². The van der Waals surface area contributed by atoms with E-state index in [0.717, 1.165) is 0 Å². The summed E-state index contributed by atoms with van der Waals surface area (Å²) < 4.78 is 8.67. The zero-order valence-electron chi connectivity index (χ0n) is 11.3. The number of rotatable bonds is 2. The molecule has 0 saturated carbocycles. The molecule has 110 valence electrons. The van der Waals surface area contributed by atoms with Gasteiger partial charge in [0.2, 0.25) is 0 Å². The van der Waals surface area contributed by atoms with Gasteiger partial charge in [0, 0.05) is 5.56 Å². The van der Waals surface area contributed by atoms with Crippen LogP contribution in [0, 0.1) is 0 Å². The number of carboxylic acid groups (broad SMARTS) is 2. The second-order valence-corrected chi connectivity index (χ2v) is 4.54. The molecule has 0 aliphatic rings. The maximum atomic E-state index is 10.2. The van der Waals surface area contributed by atoms with E-state index in [1.807, 2.05) is 0 Å². The Kier molecular flexibility index (Phi) is 6.78. The Morgan fingerprint density at radius 1 is 1.05 bits per heavy atom. The summed E-state index contributed by atoms with van der Waals surface area (Å²) in [5, 5.41) is 16.2. The zero-order chi connectivity index (χ0) is 15.8. The lowest BCUT2D eigenvalue weighted by molar-refractivity contribution is 0.0150. The summed E-state index contributed by atoms with van der Waals surface area (Å²) in [7, 11) is 0. The first kappa shape index (κ1) is 17.4. The molecule has 1 rings (SSSR count). The molecular weight excluding hydrogens is 268 g/mol. The fourth-order valence-electron chi connectivity index (χ4n) is 0.977. The van der Waals surface area contributed by atoms with Crippen molar-refractivity contribution in [3.8, 4) is 5.75 Å². The predicted octanol–water partition coefficient (Wildman–Crippen LogP) is 3.04. The van der Waals surface area contributed by atoms with E-state index in [0.29, 0.717) is 11.8 Å². The number of hydrogen-bond acceptors (Lipinski definition) is 5. The summed E-state index contributed by atoms with van der Waals surface area (Å²) >= 11 is 0. The largest absolute Gasteiger partial charge is 0.511 e. The summed E-state index contributed by atoms with van der Waals surface area (Å²) in [5.74, 6) is 0.202. The molecule has 0 radical (unpaired) electrons. The van der Waals surface area contributed by atoms with Gasteiger partial charge in [-0.1, -0.05) is 0 Å². The van der Waals surface area contributed by atoms with E-state index >= 15 is 0 Å². The van der Waals surface area contributed by atoms with Crippen LogP contribution in [0.5, 0.6) is 5.75 Å². The molecule has 0 amide bonds. The number of carbonyl (C=O) groups excluding carboxylic acids is 1. The third kappa shape index (κ3) is 9.46. The Balaban J connectivity index is 0.000000396. The average Bonchev–Trinajstić information content (AvgIpc) is 2.26. The summed E-state index contributed by atoms with van der Waals surface area (Å²) in [6, 6.07) is 5.78. The highest BCUT2D eigenvalue weighted by Gasteiger charge is 2.13. The Labute approximate surface area is 115 Å². The minimum Gasteiger partial charge on any atom is -0.450 e. The second-order valence-electron chi connectivity index (χ2n) is 4.54. The quantitative estimate of drug-likeness (QED) is 0.487. The van der Waals surface area contributed by atoms with Crippen LogP contribution in [-0.4, -0.2) is 34.4 Å². The Bertz CT molecular complexity index is 457. The van der Waals surface area contributed by atoms with Crippen LogP contribution < -0.4 is 4.74 Å². The molecule has 0 unspecified atom stereocenters. The van der Waals surface area contributed by atoms with Gasteiger partial charge < -0.3 is 19.7 Å². The van der Waals surface area contributed by atoms with Gasteiger partial charge in [0.1, 0.15) is 17.6 Å². The number of aldehydes is 1. The maximum absolute atomic E-state index is 10.2. The van der Waals surface area contributed by atoms with Gasteiger partial charge in [-0.3, -0.25) is 4.79 Å². The molecule has 0 spiro atoms. The Morgan fingerprint density at radius 2 is 1.55 bits per heavy atom. The number of carbonyl (C=O) groups is 3. The molecule has 1 aromatic rings. The number of benzene rings is 1. The van der Waals surface area contributed by atoms with Crippen molar-refractivity contribution < 1.29 is 34.1 Å². The van der Waals surface area contributed by atoms with Gasteiger partial charge >= 0.3 is 12.3 Å². The fourth-order valence-corrected chi connectivity index (χ4v) is 0.977. The van der Waals surface area contributed by atoms with Gasteiger partial charge in [-0.15, -0.1) is 0 Å². The Hall–Kier alpha value is -2.57. The second kappa shape index (κ2) is 7.78. The standard InChI is InChI=1S/C8H6O4.C5H10O3/c9-5-6-1-3-7(4-2-6)12-8(10)11;1-5(2,3)8-4(6)7/h1-5H,(H,10,11);1-3H3,(H,6,7). The van der Waals surface area contributed by atoms with Crippen LogP contribution >= 0.6 is 0 Å². The van der Waals surface area contributed by atoms with Crippen LogP contribution in [0.1, 0.15) is 31.1 Å². The van der Waals surface area contributed by atoms with Crippen molar-refractivity contribution in [1.29, 1.82) is 0 Å². The van der Waals surface area contributed by atoms with Crippen LogP contribution in [0.15, 0.2) is 24.3 Å². The SMILES string of the molecule is CC(C)(C)OC(=O)O.O=Cc1ccc(OC(=O)O)cc1. The van der Waals surface area contributed by atoms with E-state index in [1.54, 1.807) is 20.8 Å². The zero-order valence-corrected chi connectivity index (χ0v) is 11.3. The van der Waals surface area contributed by atoms with E-state index in [4.69, 9.17) is 10.2 Å². The molecule has 1 aromatic carbocycles. The van der Waals surface area contributed by atoms with Crippen LogP contribution in [0.25, 0.3) is 0 Å². The van der Waals surface area contributed by atoms with Crippen molar-refractivity contribution in [3.63, 3.8) is 0 Å². The smallest absolute Gasteiger partial charge is 0.450 e. The first-order chi connectivity index (χ1) is 9.14. The van der Waals surface area contributed by atoms with Crippen LogP contribution in [0.4, 0.5) is 9.59 Å². The molecule has 20 heavy (non-hydrogen) atoms. The molecule has 0 aromatic heterocycles. The minimum atomic E-state index is -1.37. The van der Waals surface area contributed by atoms with Gasteiger partial charge in [-0.2, -0.15) is 0 Å². The Morgan fingerprint density at radius 3 is 1.80 bits per heavy atom. The van der Waals surface area contributed by atoms with E-state index in [2.05, 4.69) is 9.47 Å². The van der Waals surface area contributed by atoms with Gasteiger partial charge in [-0.05, 0) is 45.0 Å². The van der Waals surface area contributed by atoms with E-state index < -0.39 is 17.9 Å². The first-order valence-electron chi connectivity index (χ1n) is 5.52. The molecule has 7 nitrogen and oxygen atoms in total. The monoisotopic (exact) mass is 284 g/mol. The van der Waals surface area contributed by atoms with Crippen LogP contribution in [0.3, 0.4) is 0 Å². The van der Waals surface area contributed by atoms with Crippen molar-refractivity contribution in [3.05, 3.63) is 29.8 Å². The van der Waals surface area contributed by atoms with Crippen molar-refractivity contribution >= 4 is 18.6 Å². The van der Waals surface area contributed by atoms with Crippen LogP contribution in [0.2, 0.25) is 0 Å². The highest BCUT2D eigenvalue weighted by Crippen LogP contribution is 2.10. The molecule has 0 bridgehead atoms. The topological polar surface area (TPSA) is 110 Å². The summed E-state index contributed by atoms with van der Waals surface area (Å²) in [4.78, 5) is 30.0. The third-order valence-corrected chi connectivity index (χ3v) is 1.61. The lowest BCUT2D eigenvalue weighted by Crippen LogP contribution is -2.22. The average molecular weight is 284 g/mol. The fraction of sp³-hybridized carbons (Fsp3) is 0.308. The molecule has 0 fully saturated rings. The molecule has 0 heterocycles. The highest BCUT2D eigenvalue weighted by atomic mass is 16.7. The van der Waals surface area contributed by atoms with Crippen molar-refractivity contribution in [2.24, 2.45) is 0 Å². The minimum absolute atomic E-state index is 0.202.